The number of benzene rings is 2. The highest BCUT2D eigenvalue weighted by molar-refractivity contribution is 6.32. The van der Waals surface area contributed by atoms with Gasteiger partial charge in [0.05, 0.1) is 5.52 Å². The van der Waals surface area contributed by atoms with Crippen LogP contribution < -0.4 is 0 Å². The average Bonchev–Trinajstić information content (AvgIpc) is 2.88. The highest BCUT2D eigenvalue weighted by atomic mass is 35.5. The van der Waals surface area contributed by atoms with Crippen LogP contribution in [0.15, 0.2) is 42.5 Å². The van der Waals surface area contributed by atoms with E-state index in [-0.39, 0.29) is 0 Å². The molecule has 1 aliphatic heterocycles. The third kappa shape index (κ3) is 2.99. The molecule has 0 fully saturated rings. The molecule has 2 heterocycles. The van der Waals surface area contributed by atoms with Gasteiger partial charge in [-0.15, -0.1) is 0 Å². The molecule has 0 unspecified atom stereocenters. The van der Waals surface area contributed by atoms with Crippen LogP contribution in [0.3, 0.4) is 0 Å². The maximum absolute atomic E-state index is 6.39. The molecule has 128 valence electrons. The predicted octanol–water partition coefficient (Wildman–Crippen LogP) is 5.95. The Bertz CT molecular complexity index is 985. The summed E-state index contributed by atoms with van der Waals surface area (Å²) in [7, 11) is 2.17. The zero-order valence-electron chi connectivity index (χ0n) is 14.4. The Hall–Kier alpha value is -1.74. The predicted molar refractivity (Wildman–Crippen MR) is 108 cm³/mol. The molecule has 0 aliphatic carbocycles. The van der Waals surface area contributed by atoms with Crippen LogP contribution in [0.1, 0.15) is 23.7 Å². The Kier molecular flexibility index (Phi) is 4.36. The lowest BCUT2D eigenvalue weighted by molar-refractivity contribution is 0.312. The molecule has 0 bridgehead atoms. The molecule has 25 heavy (non-hydrogen) atoms. The van der Waals surface area contributed by atoms with Gasteiger partial charge in [-0.2, -0.15) is 0 Å². The van der Waals surface area contributed by atoms with E-state index in [9.17, 15) is 0 Å². The van der Waals surface area contributed by atoms with E-state index in [2.05, 4.69) is 47.8 Å². The summed E-state index contributed by atoms with van der Waals surface area (Å²) in [5.74, 6) is 0. The van der Waals surface area contributed by atoms with Gasteiger partial charge in [-0.3, -0.25) is 0 Å². The summed E-state index contributed by atoms with van der Waals surface area (Å²) in [6, 6.07) is 14.2. The Labute approximate surface area is 158 Å². The van der Waals surface area contributed by atoms with Gasteiger partial charge in [-0.05, 0) is 54.9 Å². The lowest BCUT2D eigenvalue weighted by Crippen LogP contribution is -2.26. The summed E-state index contributed by atoms with van der Waals surface area (Å²) in [6.45, 7) is 4.14. The van der Waals surface area contributed by atoms with E-state index in [1.807, 2.05) is 24.3 Å². The molecule has 2 nitrogen and oxygen atoms in total. The second-order valence-corrected chi connectivity index (χ2v) is 7.58. The molecular weight excluding hydrogens is 351 g/mol. The van der Waals surface area contributed by atoms with Crippen LogP contribution >= 0.6 is 23.2 Å². The molecule has 0 amide bonds. The number of rotatable bonds is 2. The third-order valence-electron chi connectivity index (χ3n) is 4.96. The van der Waals surface area contributed by atoms with Crippen LogP contribution in [-0.4, -0.2) is 23.1 Å². The summed E-state index contributed by atoms with van der Waals surface area (Å²) in [4.78, 5) is 2.36. The van der Waals surface area contributed by atoms with Crippen molar-refractivity contribution in [3.63, 3.8) is 0 Å². The number of fused-ring (bicyclic) bond motifs is 3. The smallest absolute Gasteiger partial charge is 0.0529 e. The zero-order chi connectivity index (χ0) is 17.6. The van der Waals surface area contributed by atoms with Gasteiger partial charge in [0.2, 0.25) is 0 Å². The first-order valence-corrected chi connectivity index (χ1v) is 9.23. The zero-order valence-corrected chi connectivity index (χ0v) is 15.9. The monoisotopic (exact) mass is 370 g/mol. The van der Waals surface area contributed by atoms with Gasteiger partial charge in [0.15, 0.2) is 0 Å². The summed E-state index contributed by atoms with van der Waals surface area (Å²) < 4.78 is 2.33. The van der Waals surface area contributed by atoms with Crippen LogP contribution in [0.25, 0.3) is 22.7 Å². The number of allylic oxidation sites excluding steroid dienone is 1. The van der Waals surface area contributed by atoms with E-state index in [0.29, 0.717) is 0 Å². The lowest BCUT2D eigenvalue weighted by atomic mass is 10.1. The van der Waals surface area contributed by atoms with Crippen molar-refractivity contribution in [1.29, 1.82) is 0 Å². The molecule has 0 spiro atoms. The molecule has 4 rings (SSSR count). The fraction of sp³-hybridized carbons (Fsp3) is 0.238. The van der Waals surface area contributed by atoms with Crippen LogP contribution in [0.5, 0.6) is 0 Å². The van der Waals surface area contributed by atoms with Gasteiger partial charge < -0.3 is 9.47 Å². The second-order valence-electron chi connectivity index (χ2n) is 6.74. The van der Waals surface area contributed by atoms with Gasteiger partial charge >= 0.3 is 0 Å². The van der Waals surface area contributed by atoms with Crippen molar-refractivity contribution in [3.8, 4) is 0 Å². The highest BCUT2D eigenvalue weighted by Crippen LogP contribution is 2.34. The molecule has 1 aromatic heterocycles. The Morgan fingerprint density at radius 1 is 1.12 bits per heavy atom. The number of nitrogens with zero attached hydrogens (tertiary/aromatic N) is 2. The Morgan fingerprint density at radius 2 is 1.92 bits per heavy atom. The quantitative estimate of drug-likeness (QED) is 0.540. The minimum absolute atomic E-state index is 0.782. The van der Waals surface area contributed by atoms with Crippen molar-refractivity contribution in [1.82, 2.24) is 9.47 Å². The SMILES string of the molecule is C/C(=C/n1c2c(c3cc(Cl)ccc31)CN(C)CC2)c1ccccc1Cl. The second kappa shape index (κ2) is 6.53. The van der Waals surface area contributed by atoms with Crippen molar-refractivity contribution in [3.05, 3.63) is 69.3 Å². The standard InChI is InChI=1S/C21H20Cl2N2/c1-14(16-5-3-4-6-19(16)23)12-25-20-8-7-15(22)11-17(20)18-13-24(2)10-9-21(18)25/h3-8,11-12H,9-10,13H2,1-2H3/b14-12-. The molecule has 2 aromatic carbocycles. The van der Waals surface area contributed by atoms with Gasteiger partial charge in [0.25, 0.3) is 0 Å². The van der Waals surface area contributed by atoms with Crippen molar-refractivity contribution in [2.24, 2.45) is 0 Å². The van der Waals surface area contributed by atoms with E-state index < -0.39 is 0 Å². The number of likely N-dealkylation sites (N-methyl/N-ethyl adjacent to an activating group) is 1. The first kappa shape index (κ1) is 16.7. The molecule has 0 saturated heterocycles. The Morgan fingerprint density at radius 3 is 2.72 bits per heavy atom. The third-order valence-corrected chi connectivity index (χ3v) is 5.53. The van der Waals surface area contributed by atoms with E-state index in [4.69, 9.17) is 23.2 Å². The van der Waals surface area contributed by atoms with E-state index in [0.717, 1.165) is 40.7 Å². The van der Waals surface area contributed by atoms with Gasteiger partial charge in [0, 0.05) is 46.8 Å². The average molecular weight is 371 g/mol. The molecule has 4 heteroatoms. The highest BCUT2D eigenvalue weighted by Gasteiger charge is 2.22. The van der Waals surface area contributed by atoms with Crippen molar-refractivity contribution in [2.75, 3.05) is 13.6 Å². The summed E-state index contributed by atoms with van der Waals surface area (Å²) in [6.07, 6.45) is 3.24. The van der Waals surface area contributed by atoms with Crippen molar-refractivity contribution < 1.29 is 0 Å². The van der Waals surface area contributed by atoms with Crippen LogP contribution in [0.4, 0.5) is 0 Å². The van der Waals surface area contributed by atoms with E-state index in [1.165, 1.54) is 22.2 Å². The maximum atomic E-state index is 6.39. The van der Waals surface area contributed by atoms with Gasteiger partial charge in [-0.1, -0.05) is 41.4 Å². The summed E-state index contributed by atoms with van der Waals surface area (Å²) in [5.41, 5.74) is 6.19. The van der Waals surface area contributed by atoms with Crippen LogP contribution in [0.2, 0.25) is 10.0 Å². The number of hydrogen-bond donors (Lipinski definition) is 0. The molecule has 0 saturated carbocycles. The topological polar surface area (TPSA) is 8.17 Å². The minimum atomic E-state index is 0.782. The fourth-order valence-corrected chi connectivity index (χ4v) is 4.15. The number of halogens is 2. The Balaban J connectivity index is 1.93. The maximum Gasteiger partial charge on any atom is 0.0529 e. The minimum Gasteiger partial charge on any atom is -0.320 e. The first-order valence-electron chi connectivity index (χ1n) is 8.47. The molecular formula is C21H20Cl2N2. The molecule has 3 aromatic rings. The molecule has 0 atom stereocenters. The van der Waals surface area contributed by atoms with Crippen molar-refractivity contribution >= 4 is 45.9 Å². The normalized spacial score (nSPS) is 15.6. The van der Waals surface area contributed by atoms with Gasteiger partial charge in [-0.25, -0.2) is 0 Å². The molecule has 1 aliphatic rings. The number of aromatic nitrogens is 1. The molecule has 0 N–H and O–H groups in total. The van der Waals surface area contributed by atoms with Crippen LogP contribution in [-0.2, 0) is 13.0 Å². The van der Waals surface area contributed by atoms with E-state index in [1.54, 1.807) is 0 Å². The van der Waals surface area contributed by atoms with Crippen molar-refractivity contribution in [2.45, 2.75) is 19.9 Å². The van der Waals surface area contributed by atoms with E-state index >= 15 is 0 Å². The largest absolute Gasteiger partial charge is 0.320 e. The fourth-order valence-electron chi connectivity index (χ4n) is 3.69. The lowest BCUT2D eigenvalue weighted by Gasteiger charge is -2.23. The summed E-state index contributed by atoms with van der Waals surface area (Å²) in [5, 5.41) is 2.81. The summed E-state index contributed by atoms with van der Waals surface area (Å²) >= 11 is 12.7. The number of hydrogen-bond acceptors (Lipinski definition) is 1. The first-order chi connectivity index (χ1) is 12.0. The molecule has 0 radical (unpaired) electrons. The van der Waals surface area contributed by atoms with Crippen LogP contribution in [0, 0.1) is 0 Å². The van der Waals surface area contributed by atoms with Gasteiger partial charge in [0.1, 0.15) is 0 Å².